The molecule has 0 spiro atoms. The Morgan fingerprint density at radius 1 is 1.20 bits per heavy atom. The molecule has 5 heteroatoms. The van der Waals surface area contributed by atoms with E-state index in [2.05, 4.69) is 6.08 Å². The van der Waals surface area contributed by atoms with Crippen LogP contribution >= 0.6 is 0 Å². The Morgan fingerprint density at radius 2 is 1.96 bits per heavy atom. The molecule has 1 N–H and O–H groups in total. The normalized spacial score (nSPS) is 21.4. The van der Waals surface area contributed by atoms with Crippen molar-refractivity contribution in [3.63, 3.8) is 0 Å². The lowest BCUT2D eigenvalue weighted by Crippen LogP contribution is -2.26. The highest BCUT2D eigenvalue weighted by atomic mass is 19.3. The molecule has 0 bridgehead atoms. The number of carboxylic acid groups (broad SMARTS) is 1. The minimum Gasteiger partial charge on any atom is -0.481 e. The van der Waals surface area contributed by atoms with Crippen LogP contribution in [0, 0.1) is 11.8 Å². The third-order valence-corrected chi connectivity index (χ3v) is 4.78. The van der Waals surface area contributed by atoms with Gasteiger partial charge in [-0.15, -0.1) is 0 Å². The molecule has 1 aliphatic rings. The van der Waals surface area contributed by atoms with Crippen LogP contribution < -0.4 is 0 Å². The number of carbonyl (C=O) groups is 2. The molecule has 0 radical (unpaired) electrons. The lowest BCUT2D eigenvalue weighted by atomic mass is 9.91. The minimum absolute atomic E-state index is 0.174. The molecule has 25 heavy (non-hydrogen) atoms. The number of halogens is 2. The quantitative estimate of drug-likeness (QED) is 0.283. The number of unbranched alkanes of at least 4 members (excludes halogenated alkanes) is 2. The second-order valence-electron chi connectivity index (χ2n) is 6.88. The van der Waals surface area contributed by atoms with Gasteiger partial charge in [-0.05, 0) is 56.4 Å². The van der Waals surface area contributed by atoms with Crippen LogP contribution in [0.5, 0.6) is 0 Å². The number of ketones is 1. The molecule has 3 nitrogen and oxygen atoms in total. The van der Waals surface area contributed by atoms with Crippen molar-refractivity contribution in [1.82, 2.24) is 0 Å². The molecule has 1 aliphatic carbocycles. The Labute approximate surface area is 149 Å². The van der Waals surface area contributed by atoms with Crippen molar-refractivity contribution in [1.29, 1.82) is 0 Å². The van der Waals surface area contributed by atoms with Crippen molar-refractivity contribution in [2.75, 3.05) is 0 Å². The maximum absolute atomic E-state index is 13.7. The van der Waals surface area contributed by atoms with E-state index >= 15 is 0 Å². The molecule has 142 valence electrons. The van der Waals surface area contributed by atoms with Gasteiger partial charge in [0.2, 0.25) is 5.78 Å². The Kier molecular flexibility index (Phi) is 9.61. The summed E-state index contributed by atoms with van der Waals surface area (Å²) in [5.74, 6) is -4.55. The topological polar surface area (TPSA) is 54.4 Å². The zero-order valence-electron chi connectivity index (χ0n) is 15.1. The number of hydrogen-bond donors (Lipinski definition) is 1. The summed E-state index contributed by atoms with van der Waals surface area (Å²) < 4.78 is 27.4. The molecule has 0 aliphatic heterocycles. The third-order valence-electron chi connectivity index (χ3n) is 4.78. The second-order valence-corrected chi connectivity index (χ2v) is 6.88. The summed E-state index contributed by atoms with van der Waals surface area (Å²) in [5.41, 5.74) is 0. The van der Waals surface area contributed by atoms with Crippen molar-refractivity contribution in [3.05, 3.63) is 24.3 Å². The van der Waals surface area contributed by atoms with Crippen LogP contribution in [-0.4, -0.2) is 22.8 Å². The highest BCUT2D eigenvalue weighted by Crippen LogP contribution is 2.35. The van der Waals surface area contributed by atoms with E-state index in [-0.39, 0.29) is 18.8 Å². The molecule has 0 amide bonds. The molecule has 1 fully saturated rings. The number of aliphatic carboxylic acids is 1. The standard InChI is InChI=1S/C20H30F2O3/c1-2-3-15-20(21,22)18(23)14-13-17-11-8-10-16(17)9-6-4-5-7-12-19(24)25/h4,6,13-14,16-17H,2-3,5,7-12,15H2,1H3,(H,24,25). The summed E-state index contributed by atoms with van der Waals surface area (Å²) >= 11 is 0. The molecular formula is C20H30F2O3. The van der Waals surface area contributed by atoms with E-state index in [0.717, 1.165) is 38.2 Å². The van der Waals surface area contributed by atoms with Gasteiger partial charge in [-0.25, -0.2) is 0 Å². The van der Waals surface area contributed by atoms with Gasteiger partial charge in [0.15, 0.2) is 0 Å². The van der Waals surface area contributed by atoms with Gasteiger partial charge in [-0.1, -0.05) is 38.0 Å². The highest BCUT2D eigenvalue weighted by molar-refractivity contribution is 5.95. The van der Waals surface area contributed by atoms with Crippen molar-refractivity contribution >= 4 is 11.8 Å². The largest absolute Gasteiger partial charge is 0.481 e. The van der Waals surface area contributed by atoms with Crippen molar-refractivity contribution in [2.45, 2.75) is 77.1 Å². The van der Waals surface area contributed by atoms with Gasteiger partial charge in [0.25, 0.3) is 0 Å². The number of alkyl halides is 2. The number of carboxylic acids is 1. The fourth-order valence-electron chi connectivity index (χ4n) is 3.23. The summed E-state index contributed by atoms with van der Waals surface area (Å²) in [5, 5.41) is 8.57. The molecule has 0 aromatic carbocycles. The number of rotatable bonds is 12. The molecule has 1 rings (SSSR count). The summed E-state index contributed by atoms with van der Waals surface area (Å²) in [6, 6.07) is 0. The smallest absolute Gasteiger partial charge is 0.309 e. The summed E-state index contributed by atoms with van der Waals surface area (Å²) in [7, 11) is 0. The lowest BCUT2D eigenvalue weighted by molar-refractivity contribution is -0.138. The second kappa shape index (κ2) is 11.2. The Morgan fingerprint density at radius 3 is 2.64 bits per heavy atom. The number of allylic oxidation sites excluding steroid dienone is 4. The number of hydrogen-bond acceptors (Lipinski definition) is 2. The first-order chi connectivity index (χ1) is 11.9. The minimum atomic E-state index is -3.25. The zero-order chi connectivity index (χ0) is 18.7. The van der Waals surface area contributed by atoms with Crippen LogP contribution in [0.1, 0.15) is 71.1 Å². The molecule has 1 saturated carbocycles. The predicted octanol–water partition coefficient (Wildman–Crippen LogP) is 5.55. The predicted molar refractivity (Wildman–Crippen MR) is 94.7 cm³/mol. The SMILES string of the molecule is CCCCC(F)(F)C(=O)C=CC1CCCC1CC=CCCCC(=O)O. The van der Waals surface area contributed by atoms with Crippen LogP contribution in [0.4, 0.5) is 8.78 Å². The van der Waals surface area contributed by atoms with Crippen molar-refractivity contribution in [2.24, 2.45) is 11.8 Å². The number of carbonyl (C=O) groups excluding carboxylic acids is 1. The van der Waals surface area contributed by atoms with E-state index < -0.39 is 17.7 Å². The molecule has 2 atom stereocenters. The molecule has 0 saturated heterocycles. The van der Waals surface area contributed by atoms with E-state index in [1.807, 2.05) is 13.0 Å². The maximum Gasteiger partial charge on any atom is 0.309 e. The van der Waals surface area contributed by atoms with E-state index in [0.29, 0.717) is 25.2 Å². The Balaban J connectivity index is 2.42. The zero-order valence-corrected chi connectivity index (χ0v) is 15.1. The van der Waals surface area contributed by atoms with Crippen molar-refractivity contribution < 1.29 is 23.5 Å². The third kappa shape index (κ3) is 8.41. The average Bonchev–Trinajstić information content (AvgIpc) is 3.01. The van der Waals surface area contributed by atoms with Gasteiger partial charge in [-0.3, -0.25) is 9.59 Å². The first kappa shape index (κ1) is 21.5. The van der Waals surface area contributed by atoms with Crippen molar-refractivity contribution in [3.8, 4) is 0 Å². The van der Waals surface area contributed by atoms with Gasteiger partial charge >= 0.3 is 11.9 Å². The van der Waals surface area contributed by atoms with E-state index in [1.165, 1.54) is 0 Å². The van der Waals surface area contributed by atoms with Gasteiger partial charge in [0.05, 0.1) is 0 Å². The van der Waals surface area contributed by atoms with Crippen LogP contribution in [0.2, 0.25) is 0 Å². The van der Waals surface area contributed by atoms with E-state index in [9.17, 15) is 18.4 Å². The van der Waals surface area contributed by atoms with Gasteiger partial charge in [0, 0.05) is 12.8 Å². The molecule has 0 aromatic rings. The van der Waals surface area contributed by atoms with Gasteiger partial charge in [0.1, 0.15) is 0 Å². The Bertz CT molecular complexity index is 483. The van der Waals surface area contributed by atoms with Crippen LogP contribution in [0.25, 0.3) is 0 Å². The molecule has 0 heterocycles. The highest BCUT2D eigenvalue weighted by Gasteiger charge is 2.36. The fraction of sp³-hybridized carbons (Fsp3) is 0.700. The molecule has 0 aromatic heterocycles. The van der Waals surface area contributed by atoms with E-state index in [1.54, 1.807) is 6.08 Å². The van der Waals surface area contributed by atoms with Crippen LogP contribution in [0.3, 0.4) is 0 Å². The van der Waals surface area contributed by atoms with Crippen LogP contribution in [0.15, 0.2) is 24.3 Å². The summed E-state index contributed by atoms with van der Waals surface area (Å²) in [6.45, 7) is 1.83. The van der Waals surface area contributed by atoms with Gasteiger partial charge < -0.3 is 5.11 Å². The molecule has 2 unspecified atom stereocenters. The average molecular weight is 356 g/mol. The van der Waals surface area contributed by atoms with E-state index in [4.69, 9.17) is 5.11 Å². The van der Waals surface area contributed by atoms with Crippen LogP contribution in [-0.2, 0) is 9.59 Å². The fourth-order valence-corrected chi connectivity index (χ4v) is 3.23. The first-order valence-corrected chi connectivity index (χ1v) is 9.34. The van der Waals surface area contributed by atoms with Gasteiger partial charge in [-0.2, -0.15) is 8.78 Å². The summed E-state index contributed by atoms with van der Waals surface area (Å²) in [4.78, 5) is 22.1. The summed E-state index contributed by atoms with van der Waals surface area (Å²) in [6.07, 6.45) is 12.8. The molecular weight excluding hydrogens is 326 g/mol. The maximum atomic E-state index is 13.7. The Hall–Kier alpha value is -1.52. The first-order valence-electron chi connectivity index (χ1n) is 9.34. The lowest BCUT2D eigenvalue weighted by Gasteiger charge is -2.15. The monoisotopic (exact) mass is 356 g/mol.